The van der Waals surface area contributed by atoms with Gasteiger partial charge in [-0.1, -0.05) is 6.92 Å². The van der Waals surface area contributed by atoms with Gasteiger partial charge in [0, 0.05) is 20.5 Å². The molecule has 16 heavy (non-hydrogen) atoms. The van der Waals surface area contributed by atoms with E-state index in [4.69, 9.17) is 10.2 Å². The van der Waals surface area contributed by atoms with E-state index in [2.05, 4.69) is 10.1 Å². The van der Waals surface area contributed by atoms with Gasteiger partial charge in [-0.3, -0.25) is 9.59 Å². The fourth-order valence-electron chi connectivity index (χ4n) is 0.587. The molecule has 0 aliphatic heterocycles. The Morgan fingerprint density at radius 3 is 1.94 bits per heavy atom. The van der Waals surface area contributed by atoms with Crippen LogP contribution in [0.5, 0.6) is 0 Å². The molecule has 0 radical (unpaired) electrons. The van der Waals surface area contributed by atoms with Gasteiger partial charge in [-0.15, -0.1) is 0 Å². The number of hydrogen-bond donors (Lipinski definition) is 3. The molecular formula is C9H17NO6. The fraction of sp³-hybridized carbons (Fsp3) is 0.667. The van der Waals surface area contributed by atoms with Crippen LogP contribution in [0.1, 0.15) is 20.3 Å². The zero-order valence-corrected chi connectivity index (χ0v) is 9.52. The molecule has 0 aromatic carbocycles. The second kappa shape index (κ2) is 9.91. The standard InChI is InChI=1S/C6H11NO4.C3H6O2/c1-4(8)7-5(3-11-2)6(9)10;1-2-3(4)5/h5H,3H2,1-2H3,(H,7,8)(H,9,10);2H2,1H3,(H,4,5)/t5-;/m1./s1. The molecule has 3 N–H and O–H groups in total. The van der Waals surface area contributed by atoms with Crippen molar-refractivity contribution in [2.24, 2.45) is 0 Å². The van der Waals surface area contributed by atoms with Gasteiger partial charge in [-0.2, -0.15) is 0 Å². The lowest BCUT2D eigenvalue weighted by Gasteiger charge is -2.10. The van der Waals surface area contributed by atoms with E-state index < -0.39 is 18.0 Å². The molecule has 1 amide bonds. The lowest BCUT2D eigenvalue weighted by molar-refractivity contribution is -0.143. The minimum Gasteiger partial charge on any atom is -0.481 e. The summed E-state index contributed by atoms with van der Waals surface area (Å²) in [5, 5.41) is 18.4. The molecular weight excluding hydrogens is 218 g/mol. The van der Waals surface area contributed by atoms with Crippen molar-refractivity contribution < 1.29 is 29.3 Å². The highest BCUT2D eigenvalue weighted by molar-refractivity contribution is 5.82. The first kappa shape index (κ1) is 16.8. The highest BCUT2D eigenvalue weighted by Crippen LogP contribution is 1.84. The summed E-state index contributed by atoms with van der Waals surface area (Å²) in [4.78, 5) is 30.1. The van der Waals surface area contributed by atoms with Crippen molar-refractivity contribution in [1.29, 1.82) is 0 Å². The van der Waals surface area contributed by atoms with E-state index in [1.807, 2.05) is 0 Å². The van der Waals surface area contributed by atoms with Crippen LogP contribution in [0, 0.1) is 0 Å². The smallest absolute Gasteiger partial charge is 0.328 e. The molecule has 0 saturated heterocycles. The van der Waals surface area contributed by atoms with Crippen molar-refractivity contribution in [2.45, 2.75) is 26.3 Å². The monoisotopic (exact) mass is 235 g/mol. The van der Waals surface area contributed by atoms with Crippen LogP contribution in [0.2, 0.25) is 0 Å². The molecule has 0 saturated carbocycles. The first-order valence-electron chi connectivity index (χ1n) is 4.55. The molecule has 0 heterocycles. The molecule has 0 fully saturated rings. The van der Waals surface area contributed by atoms with E-state index in [1.165, 1.54) is 14.0 Å². The van der Waals surface area contributed by atoms with Crippen LogP contribution in [0.3, 0.4) is 0 Å². The van der Waals surface area contributed by atoms with E-state index >= 15 is 0 Å². The molecule has 0 bridgehead atoms. The summed E-state index contributed by atoms with van der Waals surface area (Å²) in [5.74, 6) is -2.22. The van der Waals surface area contributed by atoms with Crippen LogP contribution < -0.4 is 5.32 Å². The maximum absolute atomic E-state index is 10.4. The van der Waals surface area contributed by atoms with Gasteiger partial charge in [0.2, 0.25) is 5.91 Å². The number of rotatable bonds is 5. The Bertz CT molecular complexity index is 240. The van der Waals surface area contributed by atoms with Crippen LogP contribution in [0.15, 0.2) is 0 Å². The Morgan fingerprint density at radius 2 is 1.75 bits per heavy atom. The molecule has 0 aromatic heterocycles. The lowest BCUT2D eigenvalue weighted by atomic mass is 10.3. The third kappa shape index (κ3) is 12.4. The number of carboxylic acids is 2. The molecule has 0 spiro atoms. The van der Waals surface area contributed by atoms with Crippen LogP contribution in [-0.4, -0.2) is 47.8 Å². The van der Waals surface area contributed by atoms with Crippen molar-refractivity contribution >= 4 is 17.8 Å². The molecule has 0 aromatic rings. The Morgan fingerprint density at radius 1 is 1.31 bits per heavy atom. The minimum absolute atomic E-state index is 0.0189. The number of carbonyl (C=O) groups excluding carboxylic acids is 1. The SMILES string of the molecule is CCC(=O)O.COC[C@@H](NC(C)=O)C(=O)O. The molecule has 0 unspecified atom stereocenters. The fourth-order valence-corrected chi connectivity index (χ4v) is 0.587. The first-order chi connectivity index (χ1) is 7.34. The van der Waals surface area contributed by atoms with Gasteiger partial charge in [0.05, 0.1) is 6.61 Å². The number of carboxylic acid groups (broad SMARTS) is 2. The number of nitrogens with one attached hydrogen (secondary N) is 1. The van der Waals surface area contributed by atoms with Gasteiger partial charge >= 0.3 is 11.9 Å². The number of carbonyl (C=O) groups is 3. The van der Waals surface area contributed by atoms with Crippen molar-refractivity contribution in [3.8, 4) is 0 Å². The predicted octanol–water partition coefficient (Wildman–Crippen LogP) is -0.297. The topological polar surface area (TPSA) is 113 Å². The van der Waals surface area contributed by atoms with Gasteiger partial charge < -0.3 is 20.3 Å². The van der Waals surface area contributed by atoms with Crippen molar-refractivity contribution in [1.82, 2.24) is 5.32 Å². The summed E-state index contributed by atoms with van der Waals surface area (Å²) in [6.45, 7) is 2.84. The molecule has 1 atom stereocenters. The van der Waals surface area contributed by atoms with Crippen molar-refractivity contribution in [3.63, 3.8) is 0 Å². The number of hydrogen-bond acceptors (Lipinski definition) is 4. The van der Waals surface area contributed by atoms with Crippen molar-refractivity contribution in [3.05, 3.63) is 0 Å². The average Bonchev–Trinajstić information content (AvgIpc) is 2.17. The number of ether oxygens (including phenoxy) is 1. The molecule has 0 aliphatic carbocycles. The quantitative estimate of drug-likeness (QED) is 0.603. The van der Waals surface area contributed by atoms with E-state index in [0.29, 0.717) is 0 Å². The van der Waals surface area contributed by atoms with Crippen LogP contribution in [-0.2, 0) is 19.1 Å². The summed E-state index contributed by atoms with van der Waals surface area (Å²) >= 11 is 0. The maximum Gasteiger partial charge on any atom is 0.328 e. The number of methoxy groups -OCH3 is 1. The zero-order valence-electron chi connectivity index (χ0n) is 9.52. The Labute approximate surface area is 93.4 Å². The molecule has 0 rings (SSSR count). The van der Waals surface area contributed by atoms with Gasteiger partial charge in [0.1, 0.15) is 0 Å². The molecule has 0 aliphatic rings. The first-order valence-corrected chi connectivity index (χ1v) is 4.55. The second-order valence-corrected chi connectivity index (χ2v) is 2.79. The van der Waals surface area contributed by atoms with Crippen LogP contribution >= 0.6 is 0 Å². The van der Waals surface area contributed by atoms with Crippen LogP contribution in [0.25, 0.3) is 0 Å². The Hall–Kier alpha value is -1.63. The Balaban J connectivity index is 0. The second-order valence-electron chi connectivity index (χ2n) is 2.79. The highest BCUT2D eigenvalue weighted by Gasteiger charge is 2.17. The summed E-state index contributed by atoms with van der Waals surface area (Å²) in [6, 6.07) is -0.947. The normalized spacial score (nSPS) is 10.7. The molecule has 7 heteroatoms. The minimum atomic E-state index is -1.10. The Kier molecular flexibility index (Phi) is 10.4. The maximum atomic E-state index is 10.4. The van der Waals surface area contributed by atoms with E-state index in [-0.39, 0.29) is 18.9 Å². The summed E-state index contributed by atoms with van der Waals surface area (Å²) in [7, 11) is 1.37. The number of amides is 1. The number of aliphatic carboxylic acids is 2. The van der Waals surface area contributed by atoms with Gasteiger partial charge in [0.25, 0.3) is 0 Å². The largest absolute Gasteiger partial charge is 0.481 e. The lowest BCUT2D eigenvalue weighted by Crippen LogP contribution is -2.42. The van der Waals surface area contributed by atoms with E-state index in [1.54, 1.807) is 6.92 Å². The van der Waals surface area contributed by atoms with E-state index in [0.717, 1.165) is 0 Å². The van der Waals surface area contributed by atoms with Crippen molar-refractivity contribution in [2.75, 3.05) is 13.7 Å². The summed E-state index contributed by atoms with van der Waals surface area (Å²) in [5.41, 5.74) is 0. The average molecular weight is 235 g/mol. The zero-order chi connectivity index (χ0) is 13.1. The van der Waals surface area contributed by atoms with E-state index in [9.17, 15) is 14.4 Å². The van der Waals surface area contributed by atoms with Crippen LogP contribution in [0.4, 0.5) is 0 Å². The summed E-state index contributed by atoms with van der Waals surface area (Å²) in [6.07, 6.45) is 0.222. The predicted molar refractivity (Wildman–Crippen MR) is 55.0 cm³/mol. The third-order valence-corrected chi connectivity index (χ3v) is 1.31. The molecule has 94 valence electrons. The molecule has 7 nitrogen and oxygen atoms in total. The third-order valence-electron chi connectivity index (χ3n) is 1.31. The summed E-state index contributed by atoms with van der Waals surface area (Å²) < 4.78 is 4.57. The van der Waals surface area contributed by atoms with Gasteiger partial charge in [-0.25, -0.2) is 4.79 Å². The van der Waals surface area contributed by atoms with Gasteiger partial charge in [0.15, 0.2) is 6.04 Å². The highest BCUT2D eigenvalue weighted by atomic mass is 16.5. The van der Waals surface area contributed by atoms with Gasteiger partial charge in [-0.05, 0) is 0 Å².